The molecule has 0 unspecified atom stereocenters. The molecule has 0 spiro atoms. The molecule has 0 N–H and O–H groups in total. The molecule has 0 saturated heterocycles. The minimum absolute atomic E-state index is 0.630. The Balaban J connectivity index is 0.977. The van der Waals surface area contributed by atoms with Crippen molar-refractivity contribution in [1.82, 2.24) is 29.9 Å². The average molecular weight is 823 g/mol. The molecule has 63 heavy (non-hydrogen) atoms. The first kappa shape index (κ1) is 36.6. The second kappa shape index (κ2) is 15.3. The molecule has 6 nitrogen and oxygen atoms in total. The largest absolute Gasteiger partial charge is 0.264 e. The minimum Gasteiger partial charge on any atom is -0.264 e. The standard InChI is InChI=1S/C56H34N6S/c1-2-12-44-41(9-1)31-48(46-14-4-3-13-45(44)46)53-54-52(47-15-5-6-16-51(47)63-54)61-56(62-53)40-27-25-39(26-28-40)55-59-49(37-21-17-35(18-22-37)42-10-7-29-57-33-42)32-50(60-55)38-23-19-36(20-24-38)43-11-8-30-58-34-43/h1-34H. The van der Waals surface area contributed by atoms with Crippen LogP contribution in [0.15, 0.2) is 207 Å². The maximum absolute atomic E-state index is 5.42. The van der Waals surface area contributed by atoms with Crippen LogP contribution >= 0.6 is 11.3 Å². The number of nitrogens with zero attached hydrogens (tertiary/aromatic N) is 6. The van der Waals surface area contributed by atoms with E-state index < -0.39 is 0 Å². The Bertz CT molecular complexity index is 3540. The van der Waals surface area contributed by atoms with Crippen molar-refractivity contribution in [3.05, 3.63) is 207 Å². The highest BCUT2D eigenvalue weighted by Crippen LogP contribution is 2.43. The van der Waals surface area contributed by atoms with E-state index in [2.05, 4.69) is 180 Å². The summed E-state index contributed by atoms with van der Waals surface area (Å²) in [6.07, 6.45) is 7.35. The Labute approximate surface area is 367 Å². The Morgan fingerprint density at radius 1 is 0.349 bits per heavy atom. The van der Waals surface area contributed by atoms with E-state index in [0.29, 0.717) is 11.6 Å². The van der Waals surface area contributed by atoms with E-state index in [1.165, 1.54) is 26.2 Å². The Morgan fingerprint density at radius 2 is 0.857 bits per heavy atom. The van der Waals surface area contributed by atoms with Crippen molar-refractivity contribution < 1.29 is 0 Å². The van der Waals surface area contributed by atoms with Gasteiger partial charge in [-0.3, -0.25) is 9.97 Å². The van der Waals surface area contributed by atoms with Gasteiger partial charge < -0.3 is 0 Å². The molecule has 0 aliphatic rings. The van der Waals surface area contributed by atoms with Crippen molar-refractivity contribution in [3.8, 4) is 78.8 Å². The van der Waals surface area contributed by atoms with Gasteiger partial charge in [0.15, 0.2) is 11.6 Å². The first-order valence-electron chi connectivity index (χ1n) is 20.8. The van der Waals surface area contributed by atoms with Crippen molar-refractivity contribution in [2.45, 2.75) is 0 Å². The van der Waals surface area contributed by atoms with Gasteiger partial charge in [0, 0.05) is 62.7 Å². The second-order valence-electron chi connectivity index (χ2n) is 15.5. The van der Waals surface area contributed by atoms with Crippen LogP contribution in [0.2, 0.25) is 0 Å². The molecule has 5 heterocycles. The van der Waals surface area contributed by atoms with Gasteiger partial charge in [0.1, 0.15) is 0 Å². The van der Waals surface area contributed by atoms with Crippen LogP contribution in [0.5, 0.6) is 0 Å². The lowest BCUT2D eigenvalue weighted by Crippen LogP contribution is -1.97. The summed E-state index contributed by atoms with van der Waals surface area (Å²) < 4.78 is 2.27. The molecule has 0 aliphatic carbocycles. The van der Waals surface area contributed by atoms with Crippen molar-refractivity contribution in [3.63, 3.8) is 0 Å². The number of pyridine rings is 2. The van der Waals surface area contributed by atoms with Crippen LogP contribution < -0.4 is 0 Å². The fraction of sp³-hybridized carbons (Fsp3) is 0. The van der Waals surface area contributed by atoms with Gasteiger partial charge in [0.2, 0.25) is 0 Å². The molecule has 0 saturated carbocycles. The SMILES string of the molecule is c1cncc(-c2ccc(-c3cc(-c4ccc(-c5cccnc5)cc4)nc(-c4ccc(-c5nc(-c6cc7ccccc7c7ccccc67)c6sc7ccccc7c6n5)cc4)n3)cc2)c1. The zero-order chi connectivity index (χ0) is 41.7. The second-order valence-corrected chi connectivity index (χ2v) is 16.6. The maximum atomic E-state index is 5.42. The summed E-state index contributed by atoms with van der Waals surface area (Å²) in [5, 5.41) is 5.91. The Hall–Kier alpha value is -8.26. The summed E-state index contributed by atoms with van der Waals surface area (Å²) in [7, 11) is 0. The molecule has 7 heteroatoms. The van der Waals surface area contributed by atoms with Crippen LogP contribution in [-0.4, -0.2) is 29.9 Å². The van der Waals surface area contributed by atoms with Gasteiger partial charge in [-0.05, 0) is 74.1 Å². The summed E-state index contributed by atoms with van der Waals surface area (Å²) in [6.45, 7) is 0. The molecule has 294 valence electrons. The molecular formula is C56H34N6S. The van der Waals surface area contributed by atoms with Crippen LogP contribution in [0, 0.1) is 0 Å². The Kier molecular flexibility index (Phi) is 8.90. The van der Waals surface area contributed by atoms with Gasteiger partial charge in [-0.25, -0.2) is 19.9 Å². The number of thiophene rings is 1. The van der Waals surface area contributed by atoms with Crippen LogP contribution in [-0.2, 0) is 0 Å². The molecule has 0 aliphatic heterocycles. The van der Waals surface area contributed by atoms with E-state index in [1.54, 1.807) is 23.7 Å². The molecule has 0 fully saturated rings. The van der Waals surface area contributed by atoms with E-state index in [-0.39, 0.29) is 0 Å². The summed E-state index contributed by atoms with van der Waals surface area (Å²) in [5.74, 6) is 1.30. The first-order chi connectivity index (χ1) is 31.2. The molecule has 12 rings (SSSR count). The molecule has 12 aromatic rings. The molecule has 0 radical (unpaired) electrons. The third kappa shape index (κ3) is 6.68. The lowest BCUT2D eigenvalue weighted by Gasteiger charge is -2.13. The zero-order valence-corrected chi connectivity index (χ0v) is 34.5. The number of rotatable bonds is 7. The highest BCUT2D eigenvalue weighted by atomic mass is 32.1. The van der Waals surface area contributed by atoms with E-state index in [1.807, 2.05) is 24.5 Å². The minimum atomic E-state index is 0.630. The van der Waals surface area contributed by atoms with Gasteiger partial charge in [-0.1, -0.05) is 152 Å². The first-order valence-corrected chi connectivity index (χ1v) is 21.6. The third-order valence-corrected chi connectivity index (χ3v) is 12.9. The van der Waals surface area contributed by atoms with E-state index in [4.69, 9.17) is 19.9 Å². The van der Waals surface area contributed by atoms with E-state index >= 15 is 0 Å². The lowest BCUT2D eigenvalue weighted by atomic mass is 9.95. The van der Waals surface area contributed by atoms with Gasteiger partial charge in [-0.15, -0.1) is 11.3 Å². The van der Waals surface area contributed by atoms with Gasteiger partial charge in [-0.2, -0.15) is 0 Å². The normalized spacial score (nSPS) is 11.5. The topological polar surface area (TPSA) is 77.3 Å². The van der Waals surface area contributed by atoms with Crippen LogP contribution in [0.3, 0.4) is 0 Å². The van der Waals surface area contributed by atoms with Gasteiger partial charge >= 0.3 is 0 Å². The molecule has 0 atom stereocenters. The van der Waals surface area contributed by atoms with Crippen LogP contribution in [0.1, 0.15) is 0 Å². The predicted octanol–water partition coefficient (Wildman–Crippen LogP) is 14.4. The zero-order valence-electron chi connectivity index (χ0n) is 33.7. The van der Waals surface area contributed by atoms with Crippen molar-refractivity contribution in [2.75, 3.05) is 0 Å². The molecular weight excluding hydrogens is 789 g/mol. The number of hydrogen-bond donors (Lipinski definition) is 0. The molecule has 7 aromatic carbocycles. The predicted molar refractivity (Wildman–Crippen MR) is 259 cm³/mol. The fourth-order valence-electron chi connectivity index (χ4n) is 8.53. The summed E-state index contributed by atoms with van der Waals surface area (Å²) in [6, 6.07) is 63.4. The van der Waals surface area contributed by atoms with Gasteiger partial charge in [0.05, 0.1) is 27.3 Å². The lowest BCUT2D eigenvalue weighted by molar-refractivity contribution is 1.18. The summed E-state index contributed by atoms with van der Waals surface area (Å²) in [5.41, 5.74) is 12.8. The monoisotopic (exact) mass is 822 g/mol. The molecule has 5 aromatic heterocycles. The quantitative estimate of drug-likeness (QED) is 0.149. The van der Waals surface area contributed by atoms with Crippen LogP contribution in [0.4, 0.5) is 0 Å². The number of aromatic nitrogens is 6. The smallest absolute Gasteiger partial charge is 0.160 e. The molecule has 0 bridgehead atoms. The molecule has 0 amide bonds. The highest BCUT2D eigenvalue weighted by Gasteiger charge is 2.20. The van der Waals surface area contributed by atoms with Crippen molar-refractivity contribution >= 4 is 53.2 Å². The van der Waals surface area contributed by atoms with Gasteiger partial charge in [0.25, 0.3) is 0 Å². The van der Waals surface area contributed by atoms with Crippen LogP contribution in [0.25, 0.3) is 121 Å². The van der Waals surface area contributed by atoms with E-state index in [9.17, 15) is 0 Å². The summed E-state index contributed by atoms with van der Waals surface area (Å²) in [4.78, 5) is 29.7. The third-order valence-electron chi connectivity index (χ3n) is 11.7. The number of hydrogen-bond acceptors (Lipinski definition) is 7. The van der Waals surface area contributed by atoms with Crippen molar-refractivity contribution in [1.29, 1.82) is 0 Å². The maximum Gasteiger partial charge on any atom is 0.160 e. The highest BCUT2D eigenvalue weighted by molar-refractivity contribution is 7.26. The average Bonchev–Trinajstić information content (AvgIpc) is 3.75. The Morgan fingerprint density at radius 3 is 1.46 bits per heavy atom. The summed E-state index contributed by atoms with van der Waals surface area (Å²) >= 11 is 1.75. The van der Waals surface area contributed by atoms with E-state index in [0.717, 1.165) is 82.8 Å². The van der Waals surface area contributed by atoms with Crippen molar-refractivity contribution in [2.24, 2.45) is 0 Å². The fourth-order valence-corrected chi connectivity index (χ4v) is 9.67. The number of fused-ring (bicyclic) bond motifs is 6. The number of benzene rings is 7.